The van der Waals surface area contributed by atoms with Gasteiger partial charge in [-0.05, 0) is 42.5 Å². The summed E-state index contributed by atoms with van der Waals surface area (Å²) in [4.78, 5) is 6.00. The number of aromatic nitrogens is 1. The van der Waals surface area contributed by atoms with Gasteiger partial charge in [-0.25, -0.2) is 8.42 Å². The molecule has 0 atom stereocenters. The molecule has 2 aromatic carbocycles. The second-order valence-corrected chi connectivity index (χ2v) is 9.28. The molecule has 0 bridgehead atoms. The lowest BCUT2D eigenvalue weighted by molar-refractivity contribution is -0.137. The number of sulfonamides is 1. The number of benzene rings is 2. The average molecular weight is 456 g/mol. The van der Waals surface area contributed by atoms with E-state index < -0.39 is 21.8 Å². The van der Waals surface area contributed by atoms with Crippen LogP contribution in [-0.4, -0.2) is 43.9 Å². The van der Waals surface area contributed by atoms with Gasteiger partial charge in [0.2, 0.25) is 10.0 Å². The van der Waals surface area contributed by atoms with Crippen molar-refractivity contribution in [3.8, 4) is 0 Å². The van der Waals surface area contributed by atoms with Crippen molar-refractivity contribution in [3.63, 3.8) is 0 Å². The molecular weight excluding hydrogens is 439 g/mol. The Kier molecular flexibility index (Phi) is 5.37. The van der Waals surface area contributed by atoms with E-state index in [1.54, 1.807) is 18.3 Å². The zero-order valence-electron chi connectivity index (χ0n) is 15.6. The van der Waals surface area contributed by atoms with Crippen LogP contribution in [0.5, 0.6) is 0 Å². The summed E-state index contributed by atoms with van der Waals surface area (Å²) in [7, 11) is -4.02. The van der Waals surface area contributed by atoms with E-state index in [1.807, 2.05) is 17.0 Å². The number of hydrogen-bond donors (Lipinski definition) is 0. The quantitative estimate of drug-likeness (QED) is 0.586. The van der Waals surface area contributed by atoms with E-state index in [2.05, 4.69) is 4.98 Å². The molecule has 1 aliphatic heterocycles. The Labute approximate surface area is 176 Å². The smallest absolute Gasteiger partial charge is 0.368 e. The van der Waals surface area contributed by atoms with Crippen molar-refractivity contribution in [2.75, 3.05) is 31.1 Å². The van der Waals surface area contributed by atoms with Crippen LogP contribution in [0.3, 0.4) is 0 Å². The van der Waals surface area contributed by atoms with Crippen molar-refractivity contribution in [1.82, 2.24) is 9.29 Å². The summed E-state index contributed by atoms with van der Waals surface area (Å²) in [5, 5.41) is 1.47. The second-order valence-electron chi connectivity index (χ2n) is 6.91. The Morgan fingerprint density at radius 2 is 1.70 bits per heavy atom. The molecule has 1 aliphatic rings. The molecule has 4 rings (SSSR count). The predicted octanol–water partition coefficient (Wildman–Crippen LogP) is 4.42. The van der Waals surface area contributed by atoms with E-state index in [-0.39, 0.29) is 18.0 Å². The summed E-state index contributed by atoms with van der Waals surface area (Å²) < 4.78 is 65.9. The number of rotatable bonds is 3. The third-order valence-corrected chi connectivity index (χ3v) is 7.19. The Balaban J connectivity index is 1.55. The fourth-order valence-corrected chi connectivity index (χ4v) is 5.17. The van der Waals surface area contributed by atoms with Crippen LogP contribution in [0.4, 0.5) is 18.9 Å². The topological polar surface area (TPSA) is 53.5 Å². The molecule has 0 amide bonds. The van der Waals surface area contributed by atoms with Crippen molar-refractivity contribution in [2.24, 2.45) is 0 Å². The highest BCUT2D eigenvalue weighted by molar-refractivity contribution is 7.89. The molecule has 0 N–H and O–H groups in total. The van der Waals surface area contributed by atoms with Crippen LogP contribution in [0.1, 0.15) is 5.56 Å². The molecule has 1 aromatic heterocycles. The maximum atomic E-state index is 13.0. The van der Waals surface area contributed by atoms with Gasteiger partial charge in [-0.2, -0.15) is 17.5 Å². The summed E-state index contributed by atoms with van der Waals surface area (Å²) >= 11 is 6.03. The van der Waals surface area contributed by atoms with Crippen molar-refractivity contribution >= 4 is 38.2 Å². The average Bonchev–Trinajstić information content (AvgIpc) is 2.72. The first-order valence-electron chi connectivity index (χ1n) is 9.13. The van der Waals surface area contributed by atoms with E-state index in [0.717, 1.165) is 28.7 Å². The lowest BCUT2D eigenvalue weighted by Crippen LogP contribution is -2.48. The number of fused-ring (bicyclic) bond motifs is 1. The van der Waals surface area contributed by atoms with E-state index >= 15 is 0 Å². The predicted molar refractivity (Wildman–Crippen MR) is 109 cm³/mol. The van der Waals surface area contributed by atoms with Crippen LogP contribution in [0.25, 0.3) is 10.9 Å². The maximum absolute atomic E-state index is 13.0. The molecular formula is C20H17ClF3N3O2S. The first-order chi connectivity index (χ1) is 14.2. The highest BCUT2D eigenvalue weighted by atomic mass is 35.5. The first kappa shape index (κ1) is 20.9. The largest absolute Gasteiger partial charge is 0.416 e. The third-order valence-electron chi connectivity index (χ3n) is 5.06. The molecule has 0 unspecified atom stereocenters. The lowest BCUT2D eigenvalue weighted by Gasteiger charge is -2.35. The molecule has 3 aromatic rings. The number of hydrogen-bond acceptors (Lipinski definition) is 4. The SMILES string of the molecule is O=S(=O)(c1cccc(C(F)(F)F)c1)N1CCN(c2ccnc3cc(Cl)ccc23)CC1. The van der Waals surface area contributed by atoms with Gasteiger partial charge in [0.15, 0.2) is 0 Å². The minimum atomic E-state index is -4.60. The molecule has 1 fully saturated rings. The molecule has 2 heterocycles. The van der Waals surface area contributed by atoms with Crippen molar-refractivity contribution in [3.05, 3.63) is 65.3 Å². The molecule has 30 heavy (non-hydrogen) atoms. The Morgan fingerprint density at radius 1 is 0.967 bits per heavy atom. The molecule has 0 aliphatic carbocycles. The van der Waals surface area contributed by atoms with Gasteiger partial charge in [-0.15, -0.1) is 0 Å². The van der Waals surface area contributed by atoms with Gasteiger partial charge in [0.05, 0.1) is 16.0 Å². The van der Waals surface area contributed by atoms with Crippen molar-refractivity contribution in [1.29, 1.82) is 0 Å². The van der Waals surface area contributed by atoms with Crippen LogP contribution in [0.15, 0.2) is 59.6 Å². The second kappa shape index (κ2) is 7.72. The summed E-state index contributed by atoms with van der Waals surface area (Å²) in [5.74, 6) is 0. The lowest BCUT2D eigenvalue weighted by atomic mass is 10.1. The molecule has 0 saturated carbocycles. The fourth-order valence-electron chi connectivity index (χ4n) is 3.53. The van der Waals surface area contributed by atoms with Gasteiger partial charge in [0.25, 0.3) is 0 Å². The third kappa shape index (κ3) is 3.97. The number of nitrogens with zero attached hydrogens (tertiary/aromatic N) is 3. The van der Waals surface area contributed by atoms with Gasteiger partial charge in [0.1, 0.15) is 0 Å². The molecule has 10 heteroatoms. The van der Waals surface area contributed by atoms with Gasteiger partial charge in [0, 0.05) is 48.5 Å². The Morgan fingerprint density at radius 3 is 2.40 bits per heavy atom. The maximum Gasteiger partial charge on any atom is 0.416 e. The minimum absolute atomic E-state index is 0.163. The zero-order chi connectivity index (χ0) is 21.5. The highest BCUT2D eigenvalue weighted by Gasteiger charge is 2.34. The summed E-state index contributed by atoms with van der Waals surface area (Å²) in [6, 6.07) is 11.1. The van der Waals surface area contributed by atoms with Crippen LogP contribution >= 0.6 is 11.6 Å². The van der Waals surface area contributed by atoms with Gasteiger partial charge >= 0.3 is 6.18 Å². The van der Waals surface area contributed by atoms with Crippen LogP contribution in [0, 0.1) is 0 Å². The van der Waals surface area contributed by atoms with Crippen LogP contribution in [0.2, 0.25) is 5.02 Å². The fraction of sp³-hybridized carbons (Fsp3) is 0.250. The van der Waals surface area contributed by atoms with Gasteiger partial charge in [-0.3, -0.25) is 4.98 Å². The van der Waals surface area contributed by atoms with Crippen molar-refractivity contribution < 1.29 is 21.6 Å². The number of piperazine rings is 1. The van der Waals surface area contributed by atoms with E-state index in [1.165, 1.54) is 10.4 Å². The van der Waals surface area contributed by atoms with Crippen molar-refractivity contribution in [2.45, 2.75) is 11.1 Å². The van der Waals surface area contributed by atoms with E-state index in [4.69, 9.17) is 11.6 Å². The Hall–Kier alpha value is -2.36. The molecule has 5 nitrogen and oxygen atoms in total. The number of pyridine rings is 1. The number of anilines is 1. The van der Waals surface area contributed by atoms with Gasteiger partial charge < -0.3 is 4.90 Å². The first-order valence-corrected chi connectivity index (χ1v) is 10.9. The minimum Gasteiger partial charge on any atom is -0.368 e. The summed E-state index contributed by atoms with van der Waals surface area (Å²) in [6.45, 7) is 1.13. The Bertz CT molecular complexity index is 1190. The van der Waals surface area contributed by atoms with E-state index in [0.29, 0.717) is 24.2 Å². The van der Waals surface area contributed by atoms with Crippen LogP contribution in [-0.2, 0) is 16.2 Å². The van der Waals surface area contributed by atoms with E-state index in [9.17, 15) is 21.6 Å². The number of alkyl halides is 3. The normalized spacial score (nSPS) is 16.2. The molecule has 0 spiro atoms. The molecule has 158 valence electrons. The number of halogens is 4. The molecule has 1 saturated heterocycles. The zero-order valence-corrected chi connectivity index (χ0v) is 17.2. The highest BCUT2D eigenvalue weighted by Crippen LogP contribution is 2.32. The van der Waals surface area contributed by atoms with Gasteiger partial charge in [-0.1, -0.05) is 17.7 Å². The van der Waals surface area contributed by atoms with Crippen LogP contribution < -0.4 is 4.90 Å². The standard InChI is InChI=1S/C20H17ClF3N3O2S/c21-15-4-5-17-18(13-15)25-7-6-19(17)26-8-10-27(11-9-26)30(28,29)16-3-1-2-14(12-16)20(22,23)24/h1-7,12-13H,8-11H2. The summed E-state index contributed by atoms with van der Waals surface area (Å²) in [5.41, 5.74) is 0.663. The monoisotopic (exact) mass is 455 g/mol. The molecule has 0 radical (unpaired) electrons. The summed E-state index contributed by atoms with van der Waals surface area (Å²) in [6.07, 6.45) is -2.94.